The van der Waals surface area contributed by atoms with Gasteiger partial charge in [-0.25, -0.2) is 0 Å². The molecule has 0 spiro atoms. The van der Waals surface area contributed by atoms with Crippen LogP contribution in [0.3, 0.4) is 0 Å². The molecule has 5 heteroatoms. The van der Waals surface area contributed by atoms with E-state index in [1.165, 1.54) is 18.4 Å². The molecule has 1 rings (SSSR count). The summed E-state index contributed by atoms with van der Waals surface area (Å²) >= 11 is 0. The van der Waals surface area contributed by atoms with Gasteiger partial charge in [-0.2, -0.15) is 0 Å². The highest BCUT2D eigenvalue weighted by Crippen LogP contribution is 2.16. The molecule has 5 nitrogen and oxygen atoms in total. The van der Waals surface area contributed by atoms with Crippen molar-refractivity contribution in [2.24, 2.45) is 11.5 Å². The van der Waals surface area contributed by atoms with Gasteiger partial charge in [-0.05, 0) is 83.2 Å². The van der Waals surface area contributed by atoms with Crippen molar-refractivity contribution in [2.45, 2.75) is 83.5 Å². The summed E-state index contributed by atoms with van der Waals surface area (Å²) in [6, 6.07) is 11.0. The SMILES string of the molecule is CCCCC(CC(CCNCCCCN)NCCCCN)OCc1ccccc1. The Balaban J connectivity index is 2.49. The van der Waals surface area contributed by atoms with Gasteiger partial charge in [-0.3, -0.25) is 0 Å². The zero-order valence-corrected chi connectivity index (χ0v) is 18.7. The van der Waals surface area contributed by atoms with Crippen LogP contribution in [0.15, 0.2) is 30.3 Å². The van der Waals surface area contributed by atoms with Crippen molar-refractivity contribution in [1.82, 2.24) is 10.6 Å². The van der Waals surface area contributed by atoms with Crippen LogP contribution in [0.5, 0.6) is 0 Å². The molecular formula is C24H46N4O. The summed E-state index contributed by atoms with van der Waals surface area (Å²) in [5.41, 5.74) is 12.5. The predicted molar refractivity (Wildman–Crippen MR) is 125 cm³/mol. The van der Waals surface area contributed by atoms with Crippen molar-refractivity contribution in [3.05, 3.63) is 35.9 Å². The minimum atomic E-state index is 0.305. The third kappa shape index (κ3) is 14.6. The molecule has 1 aromatic rings. The second kappa shape index (κ2) is 19.0. The highest BCUT2D eigenvalue weighted by Gasteiger charge is 2.17. The predicted octanol–water partition coefficient (Wildman–Crippen LogP) is 3.57. The molecule has 0 saturated carbocycles. The molecule has 0 bridgehead atoms. The number of hydrogen-bond acceptors (Lipinski definition) is 5. The smallest absolute Gasteiger partial charge is 0.0720 e. The Hall–Kier alpha value is -0.980. The average Bonchev–Trinajstić information content (AvgIpc) is 2.75. The number of unbranched alkanes of at least 4 members (excludes halogenated alkanes) is 3. The third-order valence-corrected chi connectivity index (χ3v) is 5.30. The fourth-order valence-electron chi connectivity index (χ4n) is 3.48. The summed E-state index contributed by atoms with van der Waals surface area (Å²) in [6.07, 6.45) is 10.5. The van der Waals surface area contributed by atoms with Crippen LogP contribution in [0, 0.1) is 0 Å². The zero-order chi connectivity index (χ0) is 21.0. The maximum Gasteiger partial charge on any atom is 0.0720 e. The molecule has 2 unspecified atom stereocenters. The molecule has 6 N–H and O–H groups in total. The zero-order valence-electron chi connectivity index (χ0n) is 18.7. The van der Waals surface area contributed by atoms with E-state index in [9.17, 15) is 0 Å². The van der Waals surface area contributed by atoms with E-state index in [-0.39, 0.29) is 0 Å². The fraction of sp³-hybridized carbons (Fsp3) is 0.750. The van der Waals surface area contributed by atoms with Crippen LogP contribution in [-0.2, 0) is 11.3 Å². The van der Waals surface area contributed by atoms with E-state index in [1.807, 2.05) is 0 Å². The van der Waals surface area contributed by atoms with Gasteiger partial charge in [-0.1, -0.05) is 50.1 Å². The summed E-state index contributed by atoms with van der Waals surface area (Å²) in [4.78, 5) is 0. The first-order valence-electron chi connectivity index (χ1n) is 11.8. The van der Waals surface area contributed by atoms with E-state index in [1.54, 1.807) is 0 Å². The van der Waals surface area contributed by atoms with E-state index >= 15 is 0 Å². The van der Waals surface area contributed by atoms with Crippen LogP contribution in [-0.4, -0.2) is 44.9 Å². The molecule has 29 heavy (non-hydrogen) atoms. The van der Waals surface area contributed by atoms with Crippen molar-refractivity contribution in [3.8, 4) is 0 Å². The van der Waals surface area contributed by atoms with Crippen LogP contribution >= 0.6 is 0 Å². The molecule has 0 saturated heterocycles. The van der Waals surface area contributed by atoms with Gasteiger partial charge in [0.25, 0.3) is 0 Å². The highest BCUT2D eigenvalue weighted by atomic mass is 16.5. The van der Waals surface area contributed by atoms with Crippen molar-refractivity contribution >= 4 is 0 Å². The van der Waals surface area contributed by atoms with Crippen molar-refractivity contribution < 1.29 is 4.74 Å². The van der Waals surface area contributed by atoms with E-state index in [2.05, 4.69) is 47.9 Å². The number of rotatable bonds is 20. The topological polar surface area (TPSA) is 85.3 Å². The Morgan fingerprint density at radius 2 is 1.59 bits per heavy atom. The van der Waals surface area contributed by atoms with Crippen LogP contribution in [0.25, 0.3) is 0 Å². The standard InChI is InChI=1S/C24H46N4O/c1-2-3-13-24(29-21-22-11-5-4-6-12-22)20-23(28-18-10-8-16-26)14-19-27-17-9-7-15-25/h4-6,11-12,23-24,27-28H,2-3,7-10,13-21,25-26H2,1H3. The Morgan fingerprint density at radius 3 is 2.28 bits per heavy atom. The first-order valence-corrected chi connectivity index (χ1v) is 11.8. The van der Waals surface area contributed by atoms with Gasteiger partial charge >= 0.3 is 0 Å². The van der Waals surface area contributed by atoms with Gasteiger partial charge in [0.15, 0.2) is 0 Å². The monoisotopic (exact) mass is 406 g/mol. The summed E-state index contributed by atoms with van der Waals surface area (Å²) in [6.45, 7) is 7.64. The summed E-state index contributed by atoms with van der Waals surface area (Å²) in [5.74, 6) is 0. The lowest BCUT2D eigenvalue weighted by Crippen LogP contribution is -2.37. The fourth-order valence-corrected chi connectivity index (χ4v) is 3.48. The normalized spacial score (nSPS) is 13.5. The molecule has 0 aromatic heterocycles. The quantitative estimate of drug-likeness (QED) is 0.249. The Labute approximate surface area is 179 Å². The first-order chi connectivity index (χ1) is 14.3. The lowest BCUT2D eigenvalue weighted by Gasteiger charge is -2.25. The molecule has 168 valence electrons. The van der Waals surface area contributed by atoms with Crippen LogP contribution in [0.1, 0.15) is 70.3 Å². The highest BCUT2D eigenvalue weighted by molar-refractivity contribution is 5.13. The summed E-state index contributed by atoms with van der Waals surface area (Å²) in [7, 11) is 0. The van der Waals surface area contributed by atoms with Crippen LogP contribution < -0.4 is 22.1 Å². The lowest BCUT2D eigenvalue weighted by molar-refractivity contribution is 0.0208. The van der Waals surface area contributed by atoms with Gasteiger partial charge < -0.3 is 26.8 Å². The Kier molecular flexibility index (Phi) is 17.1. The van der Waals surface area contributed by atoms with Crippen LogP contribution in [0.4, 0.5) is 0 Å². The number of benzene rings is 1. The molecule has 0 aliphatic heterocycles. The summed E-state index contributed by atoms with van der Waals surface area (Å²) in [5, 5.41) is 7.34. The van der Waals surface area contributed by atoms with E-state index < -0.39 is 0 Å². The van der Waals surface area contributed by atoms with Gasteiger partial charge in [-0.15, -0.1) is 0 Å². The second-order valence-corrected chi connectivity index (χ2v) is 7.98. The second-order valence-electron chi connectivity index (χ2n) is 7.98. The number of hydrogen-bond donors (Lipinski definition) is 4. The minimum Gasteiger partial charge on any atom is -0.373 e. The first kappa shape index (κ1) is 26.1. The maximum atomic E-state index is 6.35. The van der Waals surface area contributed by atoms with E-state index in [4.69, 9.17) is 16.2 Å². The van der Waals surface area contributed by atoms with Gasteiger partial charge in [0.05, 0.1) is 12.7 Å². The number of ether oxygens (including phenoxy) is 1. The average molecular weight is 407 g/mol. The number of nitrogens with two attached hydrogens (primary N) is 2. The molecule has 0 heterocycles. The van der Waals surface area contributed by atoms with E-state index in [0.29, 0.717) is 18.8 Å². The molecule has 0 radical (unpaired) electrons. The Bertz CT molecular complexity index is 457. The minimum absolute atomic E-state index is 0.305. The van der Waals surface area contributed by atoms with Crippen molar-refractivity contribution in [1.29, 1.82) is 0 Å². The molecule has 0 aliphatic rings. The Morgan fingerprint density at radius 1 is 0.862 bits per heavy atom. The van der Waals surface area contributed by atoms with Gasteiger partial charge in [0.1, 0.15) is 0 Å². The lowest BCUT2D eigenvalue weighted by atomic mass is 10.0. The molecule has 1 aromatic carbocycles. The summed E-state index contributed by atoms with van der Waals surface area (Å²) < 4.78 is 6.35. The van der Waals surface area contributed by atoms with Crippen molar-refractivity contribution in [2.75, 3.05) is 32.7 Å². The van der Waals surface area contributed by atoms with Gasteiger partial charge in [0, 0.05) is 6.04 Å². The molecule has 0 aliphatic carbocycles. The number of nitrogens with one attached hydrogen (secondary N) is 2. The van der Waals surface area contributed by atoms with Crippen LogP contribution in [0.2, 0.25) is 0 Å². The maximum absolute atomic E-state index is 6.35. The molecule has 0 amide bonds. The van der Waals surface area contributed by atoms with Gasteiger partial charge in [0.2, 0.25) is 0 Å². The molecule has 2 atom stereocenters. The molecular weight excluding hydrogens is 360 g/mol. The molecule has 0 fully saturated rings. The van der Waals surface area contributed by atoms with Crippen molar-refractivity contribution in [3.63, 3.8) is 0 Å². The largest absolute Gasteiger partial charge is 0.373 e. The third-order valence-electron chi connectivity index (χ3n) is 5.30. The van der Waals surface area contributed by atoms with E-state index in [0.717, 1.165) is 77.7 Å².